The van der Waals surface area contributed by atoms with Gasteiger partial charge >= 0.3 is 0 Å². The van der Waals surface area contributed by atoms with Gasteiger partial charge in [0.2, 0.25) is 0 Å². The van der Waals surface area contributed by atoms with Crippen LogP contribution < -0.4 is 15.0 Å². The number of thiazole rings is 1. The zero-order valence-electron chi connectivity index (χ0n) is 15.5. The molecule has 0 amide bonds. The predicted molar refractivity (Wildman–Crippen MR) is 111 cm³/mol. The number of rotatable bonds is 8. The van der Waals surface area contributed by atoms with Gasteiger partial charge in [-0.3, -0.25) is 0 Å². The number of aromatic nitrogens is 1. The molecule has 0 spiro atoms. The van der Waals surface area contributed by atoms with E-state index >= 15 is 0 Å². The second-order valence-corrected chi connectivity index (χ2v) is 6.82. The number of benzene rings is 2. The van der Waals surface area contributed by atoms with Crippen molar-refractivity contribution in [2.45, 2.75) is 20.4 Å². The number of nitrogens with zero attached hydrogens (tertiary/aromatic N) is 2. The molecule has 1 heterocycles. The van der Waals surface area contributed by atoms with Crippen molar-refractivity contribution in [1.82, 2.24) is 4.98 Å². The van der Waals surface area contributed by atoms with Crippen LogP contribution in [0.25, 0.3) is 11.3 Å². The molecular weight excluding hydrogens is 342 g/mol. The Labute approximate surface area is 159 Å². The molecular formula is C21H25N3OS. The highest BCUT2D eigenvalue weighted by Crippen LogP contribution is 2.27. The Balaban J connectivity index is 1.65. The van der Waals surface area contributed by atoms with E-state index in [1.807, 2.05) is 18.2 Å². The van der Waals surface area contributed by atoms with Crippen LogP contribution in [0.4, 0.5) is 10.8 Å². The van der Waals surface area contributed by atoms with Crippen molar-refractivity contribution in [2.24, 2.45) is 0 Å². The van der Waals surface area contributed by atoms with Gasteiger partial charge in [0.05, 0.1) is 12.8 Å². The van der Waals surface area contributed by atoms with Crippen molar-refractivity contribution in [3.05, 3.63) is 59.5 Å². The molecule has 4 nitrogen and oxygen atoms in total. The number of nitrogens with one attached hydrogen (secondary N) is 1. The quantitative estimate of drug-likeness (QED) is 0.588. The molecule has 0 fully saturated rings. The molecule has 5 heteroatoms. The minimum Gasteiger partial charge on any atom is -0.497 e. The van der Waals surface area contributed by atoms with E-state index in [1.54, 1.807) is 18.4 Å². The summed E-state index contributed by atoms with van der Waals surface area (Å²) in [7, 11) is 1.69. The summed E-state index contributed by atoms with van der Waals surface area (Å²) < 4.78 is 5.27. The average molecular weight is 368 g/mol. The fraction of sp³-hybridized carbons (Fsp3) is 0.286. The lowest BCUT2D eigenvalue weighted by atomic mass is 10.1. The third kappa shape index (κ3) is 4.35. The van der Waals surface area contributed by atoms with Crippen LogP contribution in [0.3, 0.4) is 0 Å². The fourth-order valence-electron chi connectivity index (χ4n) is 2.88. The first-order valence-corrected chi connectivity index (χ1v) is 9.79. The Bertz CT molecular complexity index is 825. The molecule has 3 aromatic rings. The van der Waals surface area contributed by atoms with Crippen LogP contribution in [0.1, 0.15) is 19.4 Å². The van der Waals surface area contributed by atoms with Crippen LogP contribution in [-0.2, 0) is 6.54 Å². The van der Waals surface area contributed by atoms with Crippen molar-refractivity contribution in [3.8, 4) is 17.0 Å². The van der Waals surface area contributed by atoms with E-state index in [0.717, 1.165) is 41.8 Å². The molecule has 1 aromatic heterocycles. The van der Waals surface area contributed by atoms with Crippen molar-refractivity contribution >= 4 is 22.2 Å². The van der Waals surface area contributed by atoms with E-state index in [1.165, 1.54) is 11.3 Å². The largest absolute Gasteiger partial charge is 0.497 e. The monoisotopic (exact) mass is 367 g/mol. The molecule has 0 aliphatic heterocycles. The zero-order valence-corrected chi connectivity index (χ0v) is 16.3. The van der Waals surface area contributed by atoms with Crippen LogP contribution >= 0.6 is 11.3 Å². The van der Waals surface area contributed by atoms with E-state index in [9.17, 15) is 0 Å². The van der Waals surface area contributed by atoms with Crippen LogP contribution in [0.5, 0.6) is 5.75 Å². The van der Waals surface area contributed by atoms with Crippen LogP contribution in [-0.4, -0.2) is 25.2 Å². The SMILES string of the molecule is CCN(CC)c1ccc(-c2csc(NCc3cccc(OC)c3)n2)cc1. The molecule has 0 aliphatic carbocycles. The van der Waals surface area contributed by atoms with Gasteiger partial charge in [0, 0.05) is 36.3 Å². The van der Waals surface area contributed by atoms with Gasteiger partial charge in [0.15, 0.2) is 5.13 Å². The highest BCUT2D eigenvalue weighted by Gasteiger charge is 2.07. The van der Waals surface area contributed by atoms with Gasteiger partial charge in [0.1, 0.15) is 5.75 Å². The molecule has 26 heavy (non-hydrogen) atoms. The molecule has 3 rings (SSSR count). The maximum atomic E-state index is 5.27. The molecule has 0 aliphatic rings. The first-order valence-electron chi connectivity index (χ1n) is 8.91. The Morgan fingerprint density at radius 1 is 1.08 bits per heavy atom. The summed E-state index contributed by atoms with van der Waals surface area (Å²) in [5.41, 5.74) is 4.58. The molecule has 0 saturated heterocycles. The summed E-state index contributed by atoms with van der Waals surface area (Å²) in [6.07, 6.45) is 0. The highest BCUT2D eigenvalue weighted by molar-refractivity contribution is 7.14. The Morgan fingerprint density at radius 2 is 1.85 bits per heavy atom. The Morgan fingerprint density at radius 3 is 2.54 bits per heavy atom. The molecule has 0 atom stereocenters. The molecule has 1 N–H and O–H groups in total. The van der Waals surface area contributed by atoms with Crippen molar-refractivity contribution in [3.63, 3.8) is 0 Å². The van der Waals surface area contributed by atoms with E-state index in [-0.39, 0.29) is 0 Å². The predicted octanol–water partition coefficient (Wildman–Crippen LogP) is 5.28. The van der Waals surface area contributed by atoms with Gasteiger partial charge in [-0.25, -0.2) is 4.98 Å². The normalized spacial score (nSPS) is 10.6. The van der Waals surface area contributed by atoms with Crippen LogP contribution in [0.15, 0.2) is 53.9 Å². The van der Waals surface area contributed by atoms with Gasteiger partial charge in [-0.05, 0) is 43.7 Å². The van der Waals surface area contributed by atoms with Gasteiger partial charge in [-0.15, -0.1) is 11.3 Å². The molecule has 136 valence electrons. The van der Waals surface area contributed by atoms with E-state index in [0.29, 0.717) is 0 Å². The number of hydrogen-bond donors (Lipinski definition) is 1. The Hall–Kier alpha value is -2.53. The minimum absolute atomic E-state index is 0.727. The lowest BCUT2D eigenvalue weighted by molar-refractivity contribution is 0.414. The second kappa shape index (κ2) is 8.72. The van der Waals surface area contributed by atoms with Crippen molar-refractivity contribution in [1.29, 1.82) is 0 Å². The minimum atomic E-state index is 0.727. The number of methoxy groups -OCH3 is 1. The summed E-state index contributed by atoms with van der Waals surface area (Å²) in [6.45, 7) is 7.12. The third-order valence-corrected chi connectivity index (χ3v) is 5.17. The number of hydrogen-bond acceptors (Lipinski definition) is 5. The van der Waals surface area contributed by atoms with Gasteiger partial charge < -0.3 is 15.0 Å². The summed E-state index contributed by atoms with van der Waals surface area (Å²) in [6, 6.07) is 16.7. The van der Waals surface area contributed by atoms with Crippen LogP contribution in [0, 0.1) is 0 Å². The maximum absolute atomic E-state index is 5.27. The van der Waals surface area contributed by atoms with E-state index in [4.69, 9.17) is 9.72 Å². The fourth-order valence-corrected chi connectivity index (χ4v) is 3.60. The summed E-state index contributed by atoms with van der Waals surface area (Å²) in [4.78, 5) is 7.05. The first kappa shape index (κ1) is 18.3. The second-order valence-electron chi connectivity index (χ2n) is 5.96. The number of ether oxygens (including phenoxy) is 1. The Kier molecular flexibility index (Phi) is 6.12. The number of anilines is 2. The summed E-state index contributed by atoms with van der Waals surface area (Å²) >= 11 is 1.63. The topological polar surface area (TPSA) is 37.4 Å². The molecule has 0 saturated carbocycles. The van der Waals surface area contributed by atoms with E-state index in [2.05, 4.69) is 59.8 Å². The molecule has 2 aromatic carbocycles. The van der Waals surface area contributed by atoms with Crippen LogP contribution in [0.2, 0.25) is 0 Å². The lowest BCUT2D eigenvalue weighted by Gasteiger charge is -2.20. The molecule has 0 bridgehead atoms. The van der Waals surface area contributed by atoms with Gasteiger partial charge in [-0.1, -0.05) is 24.3 Å². The summed E-state index contributed by atoms with van der Waals surface area (Å²) in [5, 5.41) is 6.42. The first-order chi connectivity index (χ1) is 12.7. The summed E-state index contributed by atoms with van der Waals surface area (Å²) in [5.74, 6) is 0.873. The highest BCUT2D eigenvalue weighted by atomic mass is 32.1. The molecule has 0 radical (unpaired) electrons. The third-order valence-electron chi connectivity index (χ3n) is 4.37. The van der Waals surface area contributed by atoms with E-state index < -0.39 is 0 Å². The van der Waals surface area contributed by atoms with Crippen molar-refractivity contribution < 1.29 is 4.74 Å². The van der Waals surface area contributed by atoms with Gasteiger partial charge in [0.25, 0.3) is 0 Å². The maximum Gasteiger partial charge on any atom is 0.183 e. The average Bonchev–Trinajstić information content (AvgIpc) is 3.17. The van der Waals surface area contributed by atoms with Crippen molar-refractivity contribution in [2.75, 3.05) is 30.4 Å². The smallest absolute Gasteiger partial charge is 0.183 e. The molecule has 0 unspecified atom stereocenters. The standard InChI is InChI=1S/C21H25N3OS/c1-4-24(5-2)18-11-9-17(10-12-18)20-15-26-21(23-20)22-14-16-7-6-8-19(13-16)25-3/h6-13,15H,4-5,14H2,1-3H3,(H,22,23). The van der Waals surface area contributed by atoms with Gasteiger partial charge in [-0.2, -0.15) is 0 Å². The lowest BCUT2D eigenvalue weighted by Crippen LogP contribution is -2.21. The zero-order chi connectivity index (χ0) is 18.4.